The molecular formula is C8H12O3. The second kappa shape index (κ2) is 2.29. The molecule has 1 aliphatic carbocycles. The number of ketones is 1. The van der Waals surface area contributed by atoms with Crippen LogP contribution in [0.15, 0.2) is 0 Å². The van der Waals surface area contributed by atoms with Crippen LogP contribution < -0.4 is 0 Å². The Morgan fingerprint density at radius 2 is 1.91 bits per heavy atom. The molecule has 0 bridgehead atoms. The zero-order chi connectivity index (χ0) is 7.90. The molecular weight excluding hydrogens is 144 g/mol. The van der Waals surface area contributed by atoms with E-state index in [-0.39, 0.29) is 12.1 Å². The summed E-state index contributed by atoms with van der Waals surface area (Å²) in [5.74, 6) is -0.0322. The fraction of sp³-hybridized carbons (Fsp3) is 0.875. The van der Waals surface area contributed by atoms with Gasteiger partial charge >= 0.3 is 0 Å². The minimum absolute atomic E-state index is 0.0665. The Bertz CT molecular complexity index is 170. The van der Waals surface area contributed by atoms with Crippen LogP contribution in [0.25, 0.3) is 0 Å². The summed E-state index contributed by atoms with van der Waals surface area (Å²) in [6, 6.07) is 0. The molecule has 0 unspecified atom stereocenters. The van der Waals surface area contributed by atoms with Crippen LogP contribution >= 0.6 is 0 Å². The fourth-order valence-electron chi connectivity index (χ4n) is 1.76. The predicted molar refractivity (Wildman–Crippen MR) is 37.8 cm³/mol. The monoisotopic (exact) mass is 156 g/mol. The highest BCUT2D eigenvalue weighted by atomic mass is 16.9. The van der Waals surface area contributed by atoms with E-state index in [0.717, 1.165) is 12.8 Å². The van der Waals surface area contributed by atoms with Crippen LogP contribution in [0.5, 0.6) is 0 Å². The number of carbonyl (C=O) groups excluding carboxylic acids is 1. The first-order valence-corrected chi connectivity index (χ1v) is 4.08. The highest BCUT2D eigenvalue weighted by Crippen LogP contribution is 2.40. The third-order valence-electron chi connectivity index (χ3n) is 2.33. The van der Waals surface area contributed by atoms with Crippen molar-refractivity contribution in [3.8, 4) is 0 Å². The molecule has 0 N–H and O–H groups in total. The largest absolute Gasteiger partial charge is 0.321 e. The van der Waals surface area contributed by atoms with E-state index in [0.29, 0.717) is 18.6 Å². The van der Waals surface area contributed by atoms with E-state index in [1.807, 2.05) is 6.92 Å². The first-order chi connectivity index (χ1) is 5.20. The standard InChI is InChI=1S/C8H12O3/c1-6-10-8(11-6)4-2-7(9)3-5-8/h6H,2-5H2,1H3. The van der Waals surface area contributed by atoms with Crippen LogP contribution in [0, 0.1) is 0 Å². The summed E-state index contributed by atoms with van der Waals surface area (Å²) >= 11 is 0. The Morgan fingerprint density at radius 3 is 2.36 bits per heavy atom. The molecule has 2 rings (SSSR count). The van der Waals surface area contributed by atoms with Crippen LogP contribution in [0.3, 0.4) is 0 Å². The lowest BCUT2D eigenvalue weighted by molar-refractivity contribution is -0.450. The predicted octanol–water partition coefficient (Wildman–Crippen LogP) is 1.22. The van der Waals surface area contributed by atoms with E-state index in [2.05, 4.69) is 0 Å². The van der Waals surface area contributed by atoms with Crippen molar-refractivity contribution in [2.75, 3.05) is 0 Å². The van der Waals surface area contributed by atoms with Gasteiger partial charge in [-0.2, -0.15) is 0 Å². The second-order valence-corrected chi connectivity index (χ2v) is 3.25. The fourth-order valence-corrected chi connectivity index (χ4v) is 1.76. The molecule has 1 aliphatic heterocycles. The van der Waals surface area contributed by atoms with Gasteiger partial charge in [-0.25, -0.2) is 0 Å². The number of ether oxygens (including phenoxy) is 2. The van der Waals surface area contributed by atoms with Gasteiger partial charge in [0, 0.05) is 25.7 Å². The van der Waals surface area contributed by atoms with Gasteiger partial charge in [-0.3, -0.25) is 4.79 Å². The molecule has 2 aliphatic rings. The molecule has 0 aromatic heterocycles. The highest BCUT2D eigenvalue weighted by molar-refractivity contribution is 5.79. The van der Waals surface area contributed by atoms with Gasteiger partial charge in [0.25, 0.3) is 0 Å². The molecule has 3 heteroatoms. The Morgan fingerprint density at radius 1 is 1.36 bits per heavy atom. The summed E-state index contributed by atoms with van der Waals surface area (Å²) in [5.41, 5.74) is 0. The molecule has 1 saturated heterocycles. The minimum Gasteiger partial charge on any atom is -0.321 e. The molecule has 2 fully saturated rings. The van der Waals surface area contributed by atoms with Crippen LogP contribution in [-0.2, 0) is 14.3 Å². The third kappa shape index (κ3) is 1.19. The van der Waals surface area contributed by atoms with Gasteiger partial charge in [-0.1, -0.05) is 0 Å². The molecule has 0 aromatic carbocycles. The molecule has 3 nitrogen and oxygen atoms in total. The van der Waals surface area contributed by atoms with Crippen molar-refractivity contribution >= 4 is 5.78 Å². The Labute approximate surface area is 65.7 Å². The Kier molecular flexibility index (Phi) is 1.51. The summed E-state index contributed by atoms with van der Waals surface area (Å²) in [7, 11) is 0. The van der Waals surface area contributed by atoms with Gasteiger partial charge in [0.05, 0.1) is 0 Å². The van der Waals surface area contributed by atoms with Gasteiger partial charge in [-0.15, -0.1) is 0 Å². The number of hydrogen-bond donors (Lipinski definition) is 0. The lowest BCUT2D eigenvalue weighted by atomic mass is 9.92. The molecule has 0 atom stereocenters. The van der Waals surface area contributed by atoms with Gasteiger partial charge in [0.2, 0.25) is 0 Å². The van der Waals surface area contributed by atoms with Crippen LogP contribution in [0.1, 0.15) is 32.6 Å². The Hall–Kier alpha value is -0.410. The first kappa shape index (κ1) is 7.25. The van der Waals surface area contributed by atoms with E-state index in [4.69, 9.17) is 9.47 Å². The van der Waals surface area contributed by atoms with Crippen molar-refractivity contribution in [3.63, 3.8) is 0 Å². The smallest absolute Gasteiger partial charge is 0.175 e. The van der Waals surface area contributed by atoms with Gasteiger partial charge < -0.3 is 9.47 Å². The topological polar surface area (TPSA) is 35.5 Å². The third-order valence-corrected chi connectivity index (χ3v) is 2.33. The normalized spacial score (nSPS) is 30.5. The molecule has 0 amide bonds. The lowest BCUT2D eigenvalue weighted by Crippen LogP contribution is -2.54. The van der Waals surface area contributed by atoms with Gasteiger partial charge in [0.15, 0.2) is 12.1 Å². The second-order valence-electron chi connectivity index (χ2n) is 3.25. The zero-order valence-corrected chi connectivity index (χ0v) is 6.63. The molecule has 0 radical (unpaired) electrons. The molecule has 11 heavy (non-hydrogen) atoms. The minimum atomic E-state index is -0.368. The molecule has 1 spiro atoms. The molecule has 0 aromatic rings. The number of hydrogen-bond acceptors (Lipinski definition) is 3. The molecule has 1 saturated carbocycles. The zero-order valence-electron chi connectivity index (χ0n) is 6.63. The number of Topliss-reactive ketones (excluding diaryl/α,β-unsaturated/α-hetero) is 1. The van der Waals surface area contributed by atoms with Crippen LogP contribution in [-0.4, -0.2) is 17.9 Å². The molecule has 62 valence electrons. The SMILES string of the molecule is CC1OC2(CCC(=O)CC2)O1. The average Bonchev–Trinajstić information content (AvgIpc) is 1.92. The maximum absolute atomic E-state index is 10.9. The van der Waals surface area contributed by atoms with Crippen molar-refractivity contribution < 1.29 is 14.3 Å². The summed E-state index contributed by atoms with van der Waals surface area (Å²) in [4.78, 5) is 10.9. The van der Waals surface area contributed by atoms with E-state index in [1.165, 1.54) is 0 Å². The number of rotatable bonds is 0. The summed E-state index contributed by atoms with van der Waals surface area (Å²) in [6.45, 7) is 1.88. The summed E-state index contributed by atoms with van der Waals surface area (Å²) in [6.07, 6.45) is 2.66. The van der Waals surface area contributed by atoms with Crippen molar-refractivity contribution in [2.45, 2.75) is 44.7 Å². The lowest BCUT2D eigenvalue weighted by Gasteiger charge is -2.48. The average molecular weight is 156 g/mol. The number of carbonyl (C=O) groups is 1. The first-order valence-electron chi connectivity index (χ1n) is 4.08. The van der Waals surface area contributed by atoms with E-state index in [1.54, 1.807) is 0 Å². The summed E-state index contributed by atoms with van der Waals surface area (Å²) in [5, 5.41) is 0. The van der Waals surface area contributed by atoms with E-state index in [9.17, 15) is 4.79 Å². The molecule has 1 heterocycles. The Balaban J connectivity index is 1.93. The van der Waals surface area contributed by atoms with E-state index >= 15 is 0 Å². The van der Waals surface area contributed by atoms with Crippen molar-refractivity contribution in [1.29, 1.82) is 0 Å². The van der Waals surface area contributed by atoms with Gasteiger partial charge in [0.1, 0.15) is 5.78 Å². The highest BCUT2D eigenvalue weighted by Gasteiger charge is 2.46. The van der Waals surface area contributed by atoms with E-state index < -0.39 is 0 Å². The van der Waals surface area contributed by atoms with Crippen molar-refractivity contribution in [1.82, 2.24) is 0 Å². The maximum Gasteiger partial charge on any atom is 0.175 e. The van der Waals surface area contributed by atoms with Crippen LogP contribution in [0.2, 0.25) is 0 Å². The van der Waals surface area contributed by atoms with Crippen molar-refractivity contribution in [3.05, 3.63) is 0 Å². The van der Waals surface area contributed by atoms with Gasteiger partial charge in [-0.05, 0) is 6.92 Å². The van der Waals surface area contributed by atoms with Crippen molar-refractivity contribution in [2.24, 2.45) is 0 Å². The summed E-state index contributed by atoms with van der Waals surface area (Å²) < 4.78 is 10.9. The van der Waals surface area contributed by atoms with Crippen LogP contribution in [0.4, 0.5) is 0 Å². The maximum atomic E-state index is 10.9. The quantitative estimate of drug-likeness (QED) is 0.529.